The van der Waals surface area contributed by atoms with Crippen LogP contribution in [0.4, 0.5) is 0 Å². The van der Waals surface area contributed by atoms with Gasteiger partial charge in [0.2, 0.25) is 5.91 Å². The first-order chi connectivity index (χ1) is 14.7. The van der Waals surface area contributed by atoms with Crippen molar-refractivity contribution in [2.75, 3.05) is 40.4 Å². The number of amides is 1. The maximum Gasteiger partial charge on any atom is 0.236 e. The Kier molecular flexibility index (Phi) is 6.95. The van der Waals surface area contributed by atoms with Crippen LogP contribution in [0.5, 0.6) is 11.5 Å². The molecule has 2 aliphatic heterocycles. The van der Waals surface area contributed by atoms with Crippen molar-refractivity contribution in [1.29, 1.82) is 0 Å². The lowest BCUT2D eigenvalue weighted by molar-refractivity contribution is -0.133. The summed E-state index contributed by atoms with van der Waals surface area (Å²) < 4.78 is 11.1. The van der Waals surface area contributed by atoms with Gasteiger partial charge in [0.05, 0.1) is 26.8 Å². The number of hydrogen-bond donors (Lipinski definition) is 0. The van der Waals surface area contributed by atoms with Crippen LogP contribution in [-0.4, -0.2) is 56.1 Å². The molecule has 1 aromatic carbocycles. The van der Waals surface area contributed by atoms with Crippen LogP contribution in [0.15, 0.2) is 29.6 Å². The monoisotopic (exact) mass is 428 g/mol. The Hall–Kier alpha value is -2.05. The standard InChI is InChI=1S/C24H32N2O3S/c1-28-20-15-18-10-13-26(17-23(27)25-11-6-4-3-5-7-12-25)24(22-9-8-14-30-22)19(18)16-21(20)29-2/h8-9,14-16,24H,3-7,10-13,17H2,1-2H3/t24-/m1/s1. The zero-order valence-corrected chi connectivity index (χ0v) is 18.9. The molecule has 162 valence electrons. The molecule has 1 amide bonds. The first-order valence-corrected chi connectivity index (χ1v) is 11.9. The maximum absolute atomic E-state index is 13.2. The number of likely N-dealkylation sites (tertiary alicyclic amines) is 1. The molecule has 1 saturated heterocycles. The molecule has 0 saturated carbocycles. The van der Waals surface area contributed by atoms with Gasteiger partial charge in [0.15, 0.2) is 11.5 Å². The number of carbonyl (C=O) groups is 1. The molecule has 0 bridgehead atoms. The number of fused-ring (bicyclic) bond motifs is 1. The molecule has 6 heteroatoms. The van der Waals surface area contributed by atoms with E-state index in [0.29, 0.717) is 6.54 Å². The van der Waals surface area contributed by atoms with Crippen LogP contribution in [0.2, 0.25) is 0 Å². The van der Waals surface area contributed by atoms with Crippen LogP contribution < -0.4 is 9.47 Å². The van der Waals surface area contributed by atoms with Gasteiger partial charge in [-0.1, -0.05) is 25.3 Å². The van der Waals surface area contributed by atoms with Crippen LogP contribution in [0.1, 0.15) is 54.1 Å². The van der Waals surface area contributed by atoms with E-state index in [1.54, 1.807) is 25.6 Å². The maximum atomic E-state index is 13.2. The third-order valence-electron chi connectivity index (χ3n) is 6.33. The minimum absolute atomic E-state index is 0.0762. The Labute approximate surface area is 183 Å². The second-order valence-corrected chi connectivity index (χ2v) is 9.17. The van der Waals surface area contributed by atoms with Gasteiger partial charge in [-0.15, -0.1) is 11.3 Å². The van der Waals surface area contributed by atoms with Crippen LogP contribution >= 0.6 is 11.3 Å². The molecule has 1 fully saturated rings. The number of carbonyl (C=O) groups excluding carboxylic acids is 1. The molecule has 3 heterocycles. The number of thiophene rings is 1. The van der Waals surface area contributed by atoms with Crippen LogP contribution in [-0.2, 0) is 11.2 Å². The smallest absolute Gasteiger partial charge is 0.236 e. The normalized spacial score (nSPS) is 20.2. The van der Waals surface area contributed by atoms with Gasteiger partial charge in [-0.05, 0) is 54.0 Å². The molecule has 2 aromatic rings. The zero-order chi connectivity index (χ0) is 20.9. The predicted octanol–water partition coefficient (Wildman–Crippen LogP) is 4.51. The fraction of sp³-hybridized carbons (Fsp3) is 0.542. The van der Waals surface area contributed by atoms with Crippen molar-refractivity contribution in [3.05, 3.63) is 45.6 Å². The summed E-state index contributed by atoms with van der Waals surface area (Å²) in [5.41, 5.74) is 2.50. The highest BCUT2D eigenvalue weighted by atomic mass is 32.1. The van der Waals surface area contributed by atoms with Crippen molar-refractivity contribution in [3.63, 3.8) is 0 Å². The number of rotatable bonds is 5. The van der Waals surface area contributed by atoms with E-state index in [2.05, 4.69) is 39.4 Å². The van der Waals surface area contributed by atoms with Crippen LogP contribution in [0, 0.1) is 0 Å². The van der Waals surface area contributed by atoms with Crippen molar-refractivity contribution in [3.8, 4) is 11.5 Å². The van der Waals surface area contributed by atoms with Gasteiger partial charge in [0, 0.05) is 24.5 Å². The summed E-state index contributed by atoms with van der Waals surface area (Å²) in [6.07, 6.45) is 6.93. The van der Waals surface area contributed by atoms with E-state index in [4.69, 9.17) is 9.47 Å². The second-order valence-electron chi connectivity index (χ2n) is 8.19. The van der Waals surface area contributed by atoms with Gasteiger partial charge in [-0.2, -0.15) is 0 Å². The number of benzene rings is 1. The Bertz CT molecular complexity index is 844. The minimum atomic E-state index is 0.0762. The van der Waals surface area contributed by atoms with E-state index in [1.165, 1.54) is 35.3 Å². The molecular weight excluding hydrogens is 396 g/mol. The molecule has 30 heavy (non-hydrogen) atoms. The first kappa shape index (κ1) is 21.2. The molecule has 2 aliphatic rings. The number of ether oxygens (including phenoxy) is 2. The molecule has 1 aromatic heterocycles. The van der Waals surface area contributed by atoms with Crippen molar-refractivity contribution in [2.24, 2.45) is 0 Å². The molecule has 0 radical (unpaired) electrons. The molecule has 4 rings (SSSR count). The summed E-state index contributed by atoms with van der Waals surface area (Å²) in [6, 6.07) is 8.55. The molecule has 0 spiro atoms. The molecular formula is C24H32N2O3S. The second kappa shape index (κ2) is 9.84. The van der Waals surface area contributed by atoms with Gasteiger partial charge < -0.3 is 14.4 Å². The highest BCUT2D eigenvalue weighted by Gasteiger charge is 2.33. The van der Waals surface area contributed by atoms with E-state index in [0.717, 1.165) is 50.4 Å². The van der Waals surface area contributed by atoms with Crippen molar-refractivity contribution in [1.82, 2.24) is 9.80 Å². The quantitative estimate of drug-likeness (QED) is 0.703. The van der Waals surface area contributed by atoms with Crippen LogP contribution in [0.25, 0.3) is 0 Å². The number of nitrogens with zero attached hydrogens (tertiary/aromatic N) is 2. The van der Waals surface area contributed by atoms with E-state index >= 15 is 0 Å². The van der Waals surface area contributed by atoms with Gasteiger partial charge in [-0.3, -0.25) is 9.69 Å². The lowest BCUT2D eigenvalue weighted by Crippen LogP contribution is -2.45. The number of methoxy groups -OCH3 is 2. The number of hydrogen-bond acceptors (Lipinski definition) is 5. The fourth-order valence-electron chi connectivity index (χ4n) is 4.72. The summed E-state index contributed by atoms with van der Waals surface area (Å²) in [5.74, 6) is 1.78. The lowest BCUT2D eigenvalue weighted by atomic mass is 9.90. The predicted molar refractivity (Wildman–Crippen MR) is 121 cm³/mol. The summed E-state index contributed by atoms with van der Waals surface area (Å²) in [6.45, 7) is 3.14. The fourth-order valence-corrected chi connectivity index (χ4v) is 5.60. The third-order valence-corrected chi connectivity index (χ3v) is 7.26. The van der Waals surface area contributed by atoms with E-state index in [1.807, 2.05) is 0 Å². The van der Waals surface area contributed by atoms with E-state index in [-0.39, 0.29) is 11.9 Å². The SMILES string of the molecule is COc1cc2c(cc1OC)[C@H](c1cccs1)N(CC(=O)N1CCCCCCC1)CC2. The third kappa shape index (κ3) is 4.49. The summed E-state index contributed by atoms with van der Waals surface area (Å²) in [5, 5.41) is 2.11. The molecule has 5 nitrogen and oxygen atoms in total. The minimum Gasteiger partial charge on any atom is -0.493 e. The average molecular weight is 429 g/mol. The Morgan fingerprint density at radius 3 is 2.40 bits per heavy atom. The lowest BCUT2D eigenvalue weighted by Gasteiger charge is -2.38. The van der Waals surface area contributed by atoms with Gasteiger partial charge in [-0.25, -0.2) is 0 Å². The molecule has 0 aliphatic carbocycles. The Balaban J connectivity index is 1.61. The van der Waals surface area contributed by atoms with Crippen molar-refractivity contribution >= 4 is 17.2 Å². The van der Waals surface area contributed by atoms with Crippen molar-refractivity contribution in [2.45, 2.75) is 44.6 Å². The molecule has 0 unspecified atom stereocenters. The van der Waals surface area contributed by atoms with Gasteiger partial charge >= 0.3 is 0 Å². The van der Waals surface area contributed by atoms with Gasteiger partial charge in [0.25, 0.3) is 0 Å². The van der Waals surface area contributed by atoms with Crippen LogP contribution in [0.3, 0.4) is 0 Å². The average Bonchev–Trinajstić information content (AvgIpc) is 3.26. The summed E-state index contributed by atoms with van der Waals surface area (Å²) in [4.78, 5) is 18.9. The molecule has 1 atom stereocenters. The van der Waals surface area contributed by atoms with E-state index in [9.17, 15) is 4.79 Å². The first-order valence-electron chi connectivity index (χ1n) is 11.0. The van der Waals surface area contributed by atoms with Gasteiger partial charge in [0.1, 0.15) is 0 Å². The largest absolute Gasteiger partial charge is 0.493 e. The Morgan fingerprint density at radius 2 is 1.73 bits per heavy atom. The highest BCUT2D eigenvalue weighted by Crippen LogP contribution is 2.42. The molecule has 0 N–H and O–H groups in total. The summed E-state index contributed by atoms with van der Waals surface area (Å²) in [7, 11) is 3.36. The van der Waals surface area contributed by atoms with Crippen molar-refractivity contribution < 1.29 is 14.3 Å². The Morgan fingerprint density at radius 1 is 1.03 bits per heavy atom. The summed E-state index contributed by atoms with van der Waals surface area (Å²) >= 11 is 1.75. The topological polar surface area (TPSA) is 42.0 Å². The van der Waals surface area contributed by atoms with E-state index < -0.39 is 0 Å². The zero-order valence-electron chi connectivity index (χ0n) is 18.1. The highest BCUT2D eigenvalue weighted by molar-refractivity contribution is 7.10.